The number of guanidine groups is 1. The fraction of sp³-hybridized carbons (Fsp3) is 0.457. The van der Waals surface area contributed by atoms with E-state index in [1.54, 1.807) is 36.9 Å². The molecule has 0 radical (unpaired) electrons. The van der Waals surface area contributed by atoms with Crippen molar-refractivity contribution in [1.29, 1.82) is 5.41 Å². The number of nitrogens with one attached hydrogen (secondary N) is 2. The number of rotatable bonds is 14. The van der Waals surface area contributed by atoms with Crippen molar-refractivity contribution >= 4 is 47.2 Å². The first-order valence-corrected chi connectivity index (χ1v) is 16.9. The molecule has 16 nitrogen and oxygen atoms in total. The summed E-state index contributed by atoms with van der Waals surface area (Å²) < 4.78 is 25.5. The first-order chi connectivity index (χ1) is 24.6. The second-order valence-corrected chi connectivity index (χ2v) is 12.7. The number of benzene rings is 1. The van der Waals surface area contributed by atoms with Gasteiger partial charge in [0.25, 0.3) is 5.84 Å². The van der Waals surface area contributed by atoms with Crippen LogP contribution in [0.25, 0.3) is 5.57 Å². The summed E-state index contributed by atoms with van der Waals surface area (Å²) in [5.74, 6) is -1.01. The average molecular weight is 704 g/mol. The zero-order valence-electron chi connectivity index (χ0n) is 28.9. The van der Waals surface area contributed by atoms with Gasteiger partial charge in [-0.3, -0.25) is 14.8 Å². The molecule has 0 fully saturated rings. The monoisotopic (exact) mass is 703 g/mol. The minimum atomic E-state index is -1.20. The molecule has 4 N–H and O–H groups in total. The second kappa shape index (κ2) is 14.6. The number of aliphatic imine (C=N–C) groups is 3. The second-order valence-electron chi connectivity index (χ2n) is 12.7. The Morgan fingerprint density at radius 2 is 2.06 bits per heavy atom. The van der Waals surface area contributed by atoms with Crippen LogP contribution in [-0.4, -0.2) is 87.5 Å². The van der Waals surface area contributed by atoms with Gasteiger partial charge in [0.05, 0.1) is 48.8 Å². The van der Waals surface area contributed by atoms with Gasteiger partial charge in [0.2, 0.25) is 11.7 Å². The lowest BCUT2D eigenvalue weighted by atomic mass is 9.86. The number of hydrogen-bond acceptors (Lipinski definition) is 12. The summed E-state index contributed by atoms with van der Waals surface area (Å²) in [6, 6.07) is 0. The third-order valence-electron chi connectivity index (χ3n) is 9.39. The fourth-order valence-corrected chi connectivity index (χ4v) is 6.84. The number of allylic oxidation sites excluding steroid dienone is 3. The average Bonchev–Trinajstić information content (AvgIpc) is 3.86. The number of carbonyl (C=O) groups is 2. The van der Waals surface area contributed by atoms with Crippen molar-refractivity contribution in [3.05, 3.63) is 46.5 Å². The molecule has 0 saturated carbocycles. The smallest absolute Gasteiger partial charge is 0.375 e. The third kappa shape index (κ3) is 6.45. The molecule has 0 amide bonds. The van der Waals surface area contributed by atoms with Crippen LogP contribution in [0.3, 0.4) is 0 Å². The maximum Gasteiger partial charge on any atom is 0.375 e. The fourth-order valence-electron chi connectivity index (χ4n) is 6.84. The molecule has 2 aromatic rings. The van der Waals surface area contributed by atoms with Gasteiger partial charge in [0.15, 0.2) is 18.7 Å². The number of aliphatic hydroxyl groups is 2. The molecular weight excluding hydrogens is 662 g/mol. The molecule has 4 aliphatic rings. The van der Waals surface area contributed by atoms with Gasteiger partial charge in [-0.2, -0.15) is 9.98 Å². The van der Waals surface area contributed by atoms with Crippen LogP contribution in [0.2, 0.25) is 0 Å². The molecule has 0 bridgehead atoms. The predicted octanol–water partition coefficient (Wildman–Crippen LogP) is 0.935. The van der Waals surface area contributed by atoms with Gasteiger partial charge in [-0.05, 0) is 20.3 Å². The molecule has 270 valence electrons. The molecule has 0 spiro atoms. The first-order valence-electron chi connectivity index (χ1n) is 16.9. The zero-order chi connectivity index (χ0) is 36.4. The van der Waals surface area contributed by atoms with Crippen LogP contribution in [0.5, 0.6) is 17.2 Å². The van der Waals surface area contributed by atoms with E-state index < -0.39 is 36.1 Å². The standard InChI is InChI=1S/C35H41N7O9/c1-5-7-8-9-11-35(3,47)23-15-20-26(50-23)22(17-44)28-24(27(20)48-4)19(21(16-43)29(51-28)32(46)49-6-2)10-13-41-14-12-37-34(41)42-18-38-25-30(42)39-33(36)40-31(25)45/h10,12,14,16,23,44,47H,5-9,11,13,15,17-18H2,1-4H3,(H2,36,40,45). The number of aliphatic hydroxyl groups excluding tert-OH is 1. The Kier molecular flexibility index (Phi) is 10.2. The number of unbranched alkanes of at least 4 members (excludes halogenated alkanes) is 3. The van der Waals surface area contributed by atoms with E-state index in [9.17, 15) is 24.9 Å². The Balaban J connectivity index is 1.44. The molecule has 0 aliphatic carbocycles. The maximum absolute atomic E-state index is 13.2. The summed E-state index contributed by atoms with van der Waals surface area (Å²) >= 11 is 0. The number of ether oxygens (including phenoxy) is 4. The highest BCUT2D eigenvalue weighted by Gasteiger charge is 2.45. The van der Waals surface area contributed by atoms with E-state index in [0.717, 1.165) is 25.7 Å². The van der Waals surface area contributed by atoms with Gasteiger partial charge in [-0.25, -0.2) is 19.7 Å². The zero-order valence-corrected chi connectivity index (χ0v) is 28.9. The summed E-state index contributed by atoms with van der Waals surface area (Å²) in [6.45, 7) is 5.14. The molecule has 3 unspecified atom stereocenters. The van der Waals surface area contributed by atoms with E-state index >= 15 is 0 Å². The van der Waals surface area contributed by atoms with Crippen LogP contribution in [0.15, 0.2) is 44.8 Å². The van der Waals surface area contributed by atoms with E-state index in [4.69, 9.17) is 24.4 Å². The molecule has 0 saturated heterocycles. The molecule has 1 aromatic carbocycles. The van der Waals surface area contributed by atoms with Crippen LogP contribution in [0.1, 0.15) is 69.6 Å². The third-order valence-corrected chi connectivity index (χ3v) is 9.39. The number of nitrogens with zero attached hydrogens (tertiary/aromatic N) is 5. The number of aldehydes is 1. The Hall–Kier alpha value is -5.19. The summed E-state index contributed by atoms with van der Waals surface area (Å²) in [5.41, 5.74) is 0.169. The summed E-state index contributed by atoms with van der Waals surface area (Å²) in [4.78, 5) is 43.0. The number of fused-ring (bicyclic) bond motifs is 3. The minimum Gasteiger partial charge on any atom is -0.857 e. The van der Waals surface area contributed by atoms with Crippen molar-refractivity contribution in [2.45, 2.75) is 84.2 Å². The van der Waals surface area contributed by atoms with Crippen molar-refractivity contribution < 1.29 is 48.8 Å². The van der Waals surface area contributed by atoms with Gasteiger partial charge in [-0.1, -0.05) is 38.7 Å². The van der Waals surface area contributed by atoms with Crippen LogP contribution in [0.4, 0.5) is 5.95 Å². The summed E-state index contributed by atoms with van der Waals surface area (Å²) in [7, 11) is 1.46. The molecule has 4 aliphatic heterocycles. The van der Waals surface area contributed by atoms with Crippen LogP contribution >= 0.6 is 0 Å². The first kappa shape index (κ1) is 35.6. The van der Waals surface area contributed by atoms with Gasteiger partial charge < -0.3 is 34.3 Å². The van der Waals surface area contributed by atoms with Crippen molar-refractivity contribution in [3.8, 4) is 17.2 Å². The van der Waals surface area contributed by atoms with E-state index in [0.29, 0.717) is 40.4 Å². The summed E-state index contributed by atoms with van der Waals surface area (Å²) in [5, 5.41) is 42.5. The molecule has 6 rings (SSSR count). The van der Waals surface area contributed by atoms with Gasteiger partial charge >= 0.3 is 11.9 Å². The Labute approximate surface area is 294 Å². The molecular formula is C35H41N7O9. The number of aromatic nitrogens is 2. The van der Waals surface area contributed by atoms with E-state index in [1.165, 1.54) is 7.11 Å². The van der Waals surface area contributed by atoms with Crippen molar-refractivity contribution in [3.63, 3.8) is 0 Å². The minimum absolute atomic E-state index is 0.0143. The Morgan fingerprint density at radius 3 is 2.76 bits per heavy atom. The lowest BCUT2D eigenvalue weighted by Crippen LogP contribution is -3.10. The highest BCUT2D eigenvalue weighted by Crippen LogP contribution is 2.54. The van der Waals surface area contributed by atoms with E-state index in [-0.39, 0.29) is 71.8 Å². The van der Waals surface area contributed by atoms with E-state index in [2.05, 4.69) is 26.9 Å². The van der Waals surface area contributed by atoms with Crippen LogP contribution in [0, 0.1) is 5.41 Å². The molecule has 3 atom stereocenters. The van der Waals surface area contributed by atoms with Gasteiger partial charge in [-0.15, -0.1) is 0 Å². The van der Waals surface area contributed by atoms with Crippen LogP contribution < -0.4 is 24.2 Å². The molecule has 16 heteroatoms. The molecule has 1 aromatic heterocycles. The number of hydrogen-bond donors (Lipinski definition) is 4. The predicted molar refractivity (Wildman–Crippen MR) is 182 cm³/mol. The van der Waals surface area contributed by atoms with E-state index in [1.807, 2.05) is 0 Å². The highest BCUT2D eigenvalue weighted by atomic mass is 16.6. The van der Waals surface area contributed by atoms with Crippen LogP contribution in [-0.2, 0) is 33.9 Å². The Bertz CT molecular complexity index is 1920. The summed E-state index contributed by atoms with van der Waals surface area (Å²) in [6.07, 6.45) is 9.45. The van der Waals surface area contributed by atoms with Gasteiger partial charge in [0.1, 0.15) is 23.4 Å². The van der Waals surface area contributed by atoms with Gasteiger partial charge in [0, 0.05) is 36.2 Å². The normalized spacial score (nSPS) is 21.1. The van der Waals surface area contributed by atoms with Crippen molar-refractivity contribution in [1.82, 2.24) is 9.55 Å². The number of imidazole rings is 1. The maximum atomic E-state index is 13.2. The largest absolute Gasteiger partial charge is 0.857 e. The quantitative estimate of drug-likeness (QED) is 0.124. The molecule has 5 heterocycles. The number of esters is 1. The number of methoxy groups -OCH3 is 1. The number of quaternary nitrogens is 1. The van der Waals surface area contributed by atoms with Crippen molar-refractivity contribution in [2.24, 2.45) is 15.0 Å². The Morgan fingerprint density at radius 1 is 1.25 bits per heavy atom. The SMILES string of the molecule is CCCCCCC(C)(O)C1Cc2c(c(CO)c3c(c2OC)C(=CCn2ccnc2[NH+]2CN=C4C([O-])=NC(=N)N=C42)C(C=O)=C(C(=O)OCC)O3)O1. The number of amidine groups is 1. The number of carbonyl (C=O) groups excluding carboxylic acids is 2. The lowest BCUT2D eigenvalue weighted by molar-refractivity contribution is -0.730. The topological polar surface area (TPSA) is 218 Å². The lowest BCUT2D eigenvalue weighted by Gasteiger charge is -2.30. The highest BCUT2D eigenvalue weighted by molar-refractivity contribution is 6.66. The molecule has 51 heavy (non-hydrogen) atoms. The van der Waals surface area contributed by atoms with Crippen molar-refractivity contribution in [2.75, 3.05) is 20.4 Å².